The van der Waals surface area contributed by atoms with Crippen LogP contribution in [-0.4, -0.2) is 42.9 Å². The van der Waals surface area contributed by atoms with Gasteiger partial charge in [0.2, 0.25) is 0 Å². The van der Waals surface area contributed by atoms with Crippen molar-refractivity contribution < 1.29 is 13.2 Å². The lowest BCUT2D eigenvalue weighted by molar-refractivity contribution is 0.193. The number of likely N-dealkylation sites (tertiary alicyclic amines) is 1. The molecule has 2 aromatic rings. The van der Waals surface area contributed by atoms with Crippen LogP contribution in [0.15, 0.2) is 60.7 Å². The number of fused-ring (bicyclic) bond motifs is 2. The third-order valence-electron chi connectivity index (χ3n) is 5.10. The van der Waals surface area contributed by atoms with Crippen LogP contribution in [0.4, 0.5) is 4.79 Å². The molecule has 2 aliphatic rings. The van der Waals surface area contributed by atoms with Crippen LogP contribution in [0.1, 0.15) is 23.6 Å². The minimum absolute atomic E-state index is 0.0897. The monoisotopic (exact) mass is 356 g/mol. The first kappa shape index (κ1) is 16.1. The van der Waals surface area contributed by atoms with Crippen LogP contribution in [0.2, 0.25) is 0 Å². The molecule has 1 N–H and O–H groups in total. The molecule has 0 aromatic heterocycles. The van der Waals surface area contributed by atoms with Gasteiger partial charge in [-0.15, -0.1) is 0 Å². The number of rotatable bonds is 3. The predicted molar refractivity (Wildman–Crippen MR) is 95.9 cm³/mol. The summed E-state index contributed by atoms with van der Waals surface area (Å²) in [6.07, 6.45) is 0.567. The van der Waals surface area contributed by atoms with Crippen molar-refractivity contribution in [3.05, 3.63) is 71.8 Å². The van der Waals surface area contributed by atoms with E-state index < -0.39 is 15.1 Å². The Kier molecular flexibility index (Phi) is 4.00. The molecule has 2 unspecified atom stereocenters. The zero-order valence-corrected chi connectivity index (χ0v) is 14.5. The van der Waals surface area contributed by atoms with E-state index in [9.17, 15) is 13.2 Å². The lowest BCUT2D eigenvalue weighted by atomic mass is 9.99. The van der Waals surface area contributed by atoms with Crippen molar-refractivity contribution >= 4 is 15.9 Å². The normalized spacial score (nSPS) is 23.8. The average molecular weight is 356 g/mol. The second-order valence-electron chi connectivity index (χ2n) is 6.70. The SMILES string of the molecule is O=C(NC(c1ccccc1)c1ccccc1)N1CC2CC1CS2(=O)=O. The van der Waals surface area contributed by atoms with Gasteiger partial charge in [-0.05, 0) is 17.5 Å². The fourth-order valence-corrected chi connectivity index (χ4v) is 5.83. The number of sulfone groups is 1. The van der Waals surface area contributed by atoms with Gasteiger partial charge < -0.3 is 10.2 Å². The molecule has 2 atom stereocenters. The molecular weight excluding hydrogens is 336 g/mol. The third-order valence-corrected chi connectivity index (χ3v) is 7.31. The first-order chi connectivity index (χ1) is 12.0. The van der Waals surface area contributed by atoms with Crippen LogP contribution < -0.4 is 5.32 Å². The number of hydrogen-bond acceptors (Lipinski definition) is 3. The molecule has 2 saturated heterocycles. The number of amides is 2. The molecule has 2 amide bonds. The van der Waals surface area contributed by atoms with Crippen molar-refractivity contribution in [1.82, 2.24) is 10.2 Å². The van der Waals surface area contributed by atoms with Crippen LogP contribution in [-0.2, 0) is 9.84 Å². The average Bonchev–Trinajstić information content (AvgIpc) is 3.17. The van der Waals surface area contributed by atoms with Gasteiger partial charge in [0.05, 0.1) is 17.0 Å². The predicted octanol–water partition coefficient (Wildman–Crippen LogP) is 2.36. The summed E-state index contributed by atoms with van der Waals surface area (Å²) in [5, 5.41) is 2.70. The standard InChI is InChI=1S/C19H20N2O3S/c22-19(21-12-17-11-16(21)13-25(17,23)24)20-18(14-7-3-1-4-8-14)15-9-5-2-6-10-15/h1-10,16-18H,11-13H2,(H,20,22). The van der Waals surface area contributed by atoms with E-state index in [2.05, 4.69) is 5.32 Å². The van der Waals surface area contributed by atoms with E-state index >= 15 is 0 Å². The Morgan fingerprint density at radius 1 is 1.00 bits per heavy atom. The van der Waals surface area contributed by atoms with Crippen molar-refractivity contribution in [1.29, 1.82) is 0 Å². The Balaban J connectivity index is 1.57. The van der Waals surface area contributed by atoms with Gasteiger partial charge in [-0.1, -0.05) is 60.7 Å². The summed E-state index contributed by atoms with van der Waals surface area (Å²) in [6, 6.07) is 19.0. The highest BCUT2D eigenvalue weighted by Crippen LogP contribution is 2.33. The molecule has 0 spiro atoms. The molecule has 25 heavy (non-hydrogen) atoms. The van der Waals surface area contributed by atoms with Crippen LogP contribution in [0.5, 0.6) is 0 Å². The molecule has 2 fully saturated rings. The zero-order valence-electron chi connectivity index (χ0n) is 13.7. The highest BCUT2D eigenvalue weighted by molar-refractivity contribution is 7.92. The highest BCUT2D eigenvalue weighted by Gasteiger charge is 2.50. The van der Waals surface area contributed by atoms with Gasteiger partial charge in [-0.3, -0.25) is 0 Å². The maximum absolute atomic E-state index is 12.8. The highest BCUT2D eigenvalue weighted by atomic mass is 32.2. The smallest absolute Gasteiger partial charge is 0.318 e. The van der Waals surface area contributed by atoms with E-state index in [0.717, 1.165) is 11.1 Å². The second-order valence-corrected chi connectivity index (χ2v) is 9.02. The lowest BCUT2D eigenvalue weighted by Gasteiger charge is -2.29. The number of hydrogen-bond donors (Lipinski definition) is 1. The molecule has 2 heterocycles. The van der Waals surface area contributed by atoms with Crippen molar-refractivity contribution in [3.8, 4) is 0 Å². The number of benzene rings is 2. The molecule has 5 nitrogen and oxygen atoms in total. The van der Waals surface area contributed by atoms with E-state index in [1.807, 2.05) is 60.7 Å². The summed E-state index contributed by atoms with van der Waals surface area (Å²) in [6.45, 7) is 0.301. The molecule has 0 radical (unpaired) electrons. The largest absolute Gasteiger partial charge is 0.327 e. The molecule has 2 aromatic carbocycles. The van der Waals surface area contributed by atoms with Gasteiger partial charge in [0, 0.05) is 12.6 Å². The second kappa shape index (κ2) is 6.19. The molecule has 2 bridgehead atoms. The van der Waals surface area contributed by atoms with E-state index in [1.54, 1.807) is 4.90 Å². The molecule has 0 aliphatic carbocycles. The van der Waals surface area contributed by atoms with E-state index in [-0.39, 0.29) is 23.9 Å². The number of nitrogens with one attached hydrogen (secondary N) is 1. The fraction of sp³-hybridized carbons (Fsp3) is 0.316. The van der Waals surface area contributed by atoms with E-state index in [1.165, 1.54) is 0 Å². The summed E-state index contributed by atoms with van der Waals surface area (Å²) in [4.78, 5) is 14.5. The maximum atomic E-state index is 12.8. The van der Waals surface area contributed by atoms with Gasteiger partial charge in [0.1, 0.15) is 0 Å². The van der Waals surface area contributed by atoms with Gasteiger partial charge >= 0.3 is 6.03 Å². The van der Waals surface area contributed by atoms with E-state index in [4.69, 9.17) is 0 Å². The number of carbonyl (C=O) groups excluding carboxylic acids is 1. The van der Waals surface area contributed by atoms with Gasteiger partial charge in [0.25, 0.3) is 0 Å². The first-order valence-electron chi connectivity index (χ1n) is 8.43. The zero-order chi connectivity index (χ0) is 17.4. The maximum Gasteiger partial charge on any atom is 0.318 e. The molecule has 130 valence electrons. The summed E-state index contributed by atoms with van der Waals surface area (Å²) >= 11 is 0. The molecule has 0 saturated carbocycles. The van der Waals surface area contributed by atoms with Crippen LogP contribution in [0.25, 0.3) is 0 Å². The van der Waals surface area contributed by atoms with Crippen LogP contribution >= 0.6 is 0 Å². The molecule has 2 aliphatic heterocycles. The summed E-state index contributed by atoms with van der Waals surface area (Å²) in [5.41, 5.74) is 2.00. The molecule has 4 rings (SSSR count). The fourth-order valence-electron chi connectivity index (χ4n) is 3.80. The quantitative estimate of drug-likeness (QED) is 0.918. The van der Waals surface area contributed by atoms with Crippen molar-refractivity contribution in [2.45, 2.75) is 23.8 Å². The Hall–Kier alpha value is -2.34. The Morgan fingerprint density at radius 2 is 1.56 bits per heavy atom. The van der Waals surface area contributed by atoms with Gasteiger partial charge in [-0.25, -0.2) is 13.2 Å². The molecular formula is C19H20N2O3S. The minimum Gasteiger partial charge on any atom is -0.327 e. The summed E-state index contributed by atoms with van der Waals surface area (Å²) < 4.78 is 23.8. The van der Waals surface area contributed by atoms with Crippen molar-refractivity contribution in [2.24, 2.45) is 0 Å². The third kappa shape index (κ3) is 3.02. The Morgan fingerprint density at radius 3 is 2.00 bits per heavy atom. The summed E-state index contributed by atoms with van der Waals surface area (Å²) in [7, 11) is -3.01. The van der Waals surface area contributed by atoms with E-state index in [0.29, 0.717) is 13.0 Å². The number of nitrogens with zero attached hydrogens (tertiary/aromatic N) is 1. The molecule has 6 heteroatoms. The van der Waals surface area contributed by atoms with Gasteiger partial charge in [0.15, 0.2) is 9.84 Å². The summed E-state index contributed by atoms with van der Waals surface area (Å²) in [5.74, 6) is 0.0897. The van der Waals surface area contributed by atoms with Crippen LogP contribution in [0, 0.1) is 0 Å². The minimum atomic E-state index is -3.01. The number of carbonyl (C=O) groups is 1. The lowest BCUT2D eigenvalue weighted by Crippen LogP contribution is -2.49. The first-order valence-corrected chi connectivity index (χ1v) is 10.1. The Bertz CT molecular complexity index is 829. The van der Waals surface area contributed by atoms with Crippen molar-refractivity contribution in [2.75, 3.05) is 12.3 Å². The van der Waals surface area contributed by atoms with Gasteiger partial charge in [-0.2, -0.15) is 0 Å². The van der Waals surface area contributed by atoms with Crippen molar-refractivity contribution in [3.63, 3.8) is 0 Å². The number of urea groups is 1. The Labute approximate surface area is 147 Å². The van der Waals surface area contributed by atoms with Crippen LogP contribution in [0.3, 0.4) is 0 Å². The topological polar surface area (TPSA) is 66.5 Å².